The Hall–Kier alpha value is -1.17. The van der Waals surface area contributed by atoms with E-state index >= 15 is 0 Å². The van der Waals surface area contributed by atoms with Crippen LogP contribution < -0.4 is 5.32 Å². The molecule has 0 aromatic carbocycles. The first-order valence-corrected chi connectivity index (χ1v) is 7.43. The summed E-state index contributed by atoms with van der Waals surface area (Å²) in [6, 6.07) is 0. The maximum atomic E-state index is 11.5. The molecule has 1 aliphatic rings. The molecule has 2 rings (SSSR count). The average molecular weight is 328 g/mol. The molecule has 1 N–H and O–H groups in total. The molecule has 5 nitrogen and oxygen atoms in total. The summed E-state index contributed by atoms with van der Waals surface area (Å²) in [5.74, 6) is 0.955. The minimum Gasteiger partial charge on any atom is -0.461 e. The van der Waals surface area contributed by atoms with Crippen LogP contribution in [0.5, 0.6) is 0 Å². The Morgan fingerprint density at radius 2 is 2.26 bits per heavy atom. The summed E-state index contributed by atoms with van der Waals surface area (Å²) < 4.78 is 5.43. The summed E-state index contributed by atoms with van der Waals surface area (Å²) in [4.78, 5) is 19.9. The molecule has 0 radical (unpaired) electrons. The molecule has 0 saturated heterocycles. The summed E-state index contributed by atoms with van der Waals surface area (Å²) in [5.41, 5.74) is 0.222. The van der Waals surface area contributed by atoms with Crippen LogP contribution in [0.1, 0.15) is 43.1 Å². The van der Waals surface area contributed by atoms with Gasteiger partial charge in [-0.3, -0.25) is 0 Å². The Morgan fingerprint density at radius 1 is 1.53 bits per heavy atom. The van der Waals surface area contributed by atoms with Crippen molar-refractivity contribution in [3.05, 3.63) is 16.5 Å². The fourth-order valence-corrected chi connectivity index (χ4v) is 2.68. The van der Waals surface area contributed by atoms with E-state index in [2.05, 4.69) is 31.2 Å². The third-order valence-electron chi connectivity index (χ3n) is 3.25. The van der Waals surface area contributed by atoms with Crippen LogP contribution in [0.2, 0.25) is 0 Å². The Balaban J connectivity index is 1.96. The van der Waals surface area contributed by atoms with Crippen LogP contribution in [0.3, 0.4) is 0 Å². The number of anilines is 1. The molecule has 0 spiro atoms. The quantitative estimate of drug-likeness (QED) is 0.842. The van der Waals surface area contributed by atoms with Crippen molar-refractivity contribution in [1.82, 2.24) is 9.97 Å². The van der Waals surface area contributed by atoms with Crippen LogP contribution in [0.4, 0.5) is 5.82 Å². The van der Waals surface area contributed by atoms with Crippen molar-refractivity contribution in [2.45, 2.75) is 32.6 Å². The van der Waals surface area contributed by atoms with E-state index in [0.717, 1.165) is 12.5 Å². The Kier molecular flexibility index (Phi) is 5.13. The van der Waals surface area contributed by atoms with Gasteiger partial charge in [0.1, 0.15) is 4.60 Å². The molecule has 1 heterocycles. The number of nitrogens with one attached hydrogen (secondary N) is 1. The van der Waals surface area contributed by atoms with Gasteiger partial charge in [-0.15, -0.1) is 0 Å². The smallest absolute Gasteiger partial charge is 0.358 e. The molecule has 1 aliphatic carbocycles. The first kappa shape index (κ1) is 14.2. The van der Waals surface area contributed by atoms with Gasteiger partial charge in [-0.25, -0.2) is 14.8 Å². The molecule has 19 heavy (non-hydrogen) atoms. The zero-order valence-electron chi connectivity index (χ0n) is 11.0. The summed E-state index contributed by atoms with van der Waals surface area (Å²) in [6.45, 7) is 3.00. The van der Waals surface area contributed by atoms with E-state index in [1.165, 1.54) is 31.9 Å². The lowest BCUT2D eigenvalue weighted by Crippen LogP contribution is -2.14. The van der Waals surface area contributed by atoms with E-state index < -0.39 is 5.97 Å². The van der Waals surface area contributed by atoms with E-state index in [4.69, 9.17) is 4.74 Å². The number of rotatable bonds is 5. The number of esters is 1. The minimum absolute atomic E-state index is 0.222. The molecule has 0 bridgehead atoms. The monoisotopic (exact) mass is 327 g/mol. The van der Waals surface area contributed by atoms with Gasteiger partial charge in [0.2, 0.25) is 0 Å². The molecular weight excluding hydrogens is 310 g/mol. The SMILES string of the molecule is CCOC(=O)c1cnc(NCC2CCCC2)c(Br)n1. The fraction of sp³-hybridized carbons (Fsp3) is 0.615. The fourth-order valence-electron chi connectivity index (χ4n) is 2.24. The van der Waals surface area contributed by atoms with Crippen LogP contribution in [-0.2, 0) is 4.74 Å². The van der Waals surface area contributed by atoms with E-state index in [-0.39, 0.29) is 5.69 Å². The summed E-state index contributed by atoms with van der Waals surface area (Å²) in [5, 5.41) is 3.28. The standard InChI is InChI=1S/C13H18BrN3O2/c1-2-19-13(18)10-8-16-12(11(14)17-10)15-7-9-5-3-4-6-9/h8-9H,2-7H2,1H3,(H,15,16). The summed E-state index contributed by atoms with van der Waals surface area (Å²) >= 11 is 3.33. The van der Waals surface area contributed by atoms with Crippen molar-refractivity contribution in [1.29, 1.82) is 0 Å². The number of hydrogen-bond donors (Lipinski definition) is 1. The van der Waals surface area contributed by atoms with Gasteiger partial charge in [0, 0.05) is 6.54 Å². The molecule has 104 valence electrons. The Morgan fingerprint density at radius 3 is 2.89 bits per heavy atom. The number of aromatic nitrogens is 2. The van der Waals surface area contributed by atoms with Crippen molar-refractivity contribution in [2.24, 2.45) is 5.92 Å². The lowest BCUT2D eigenvalue weighted by atomic mass is 10.1. The lowest BCUT2D eigenvalue weighted by molar-refractivity contribution is 0.0518. The van der Waals surface area contributed by atoms with Crippen LogP contribution in [-0.4, -0.2) is 29.1 Å². The number of carbonyl (C=O) groups is 1. The number of carbonyl (C=O) groups excluding carboxylic acids is 1. The molecular formula is C13H18BrN3O2. The second-order valence-corrected chi connectivity index (χ2v) is 5.40. The van der Waals surface area contributed by atoms with Gasteiger partial charge in [0.25, 0.3) is 0 Å². The van der Waals surface area contributed by atoms with Gasteiger partial charge in [0.05, 0.1) is 12.8 Å². The number of ether oxygens (including phenoxy) is 1. The highest BCUT2D eigenvalue weighted by molar-refractivity contribution is 9.10. The first-order valence-electron chi connectivity index (χ1n) is 6.64. The van der Waals surface area contributed by atoms with Gasteiger partial charge in [-0.1, -0.05) is 12.8 Å². The molecule has 0 atom stereocenters. The minimum atomic E-state index is -0.446. The summed E-state index contributed by atoms with van der Waals surface area (Å²) in [7, 11) is 0. The normalized spacial score (nSPS) is 15.5. The highest BCUT2D eigenvalue weighted by Gasteiger charge is 2.16. The topological polar surface area (TPSA) is 64.1 Å². The highest BCUT2D eigenvalue weighted by atomic mass is 79.9. The molecule has 1 saturated carbocycles. The number of nitrogens with zero attached hydrogens (tertiary/aromatic N) is 2. The highest BCUT2D eigenvalue weighted by Crippen LogP contribution is 2.25. The lowest BCUT2D eigenvalue weighted by Gasteiger charge is -2.12. The van der Waals surface area contributed by atoms with E-state index in [9.17, 15) is 4.79 Å². The van der Waals surface area contributed by atoms with Crippen LogP contribution >= 0.6 is 15.9 Å². The third kappa shape index (κ3) is 3.89. The molecule has 6 heteroatoms. The predicted molar refractivity (Wildman–Crippen MR) is 76.1 cm³/mol. The van der Waals surface area contributed by atoms with E-state index in [1.807, 2.05) is 0 Å². The molecule has 0 aliphatic heterocycles. The van der Waals surface area contributed by atoms with Crippen molar-refractivity contribution < 1.29 is 9.53 Å². The van der Waals surface area contributed by atoms with Crippen molar-refractivity contribution in [3.8, 4) is 0 Å². The summed E-state index contributed by atoms with van der Waals surface area (Å²) in [6.07, 6.45) is 6.64. The van der Waals surface area contributed by atoms with E-state index in [1.54, 1.807) is 6.92 Å². The van der Waals surface area contributed by atoms with Crippen molar-refractivity contribution in [3.63, 3.8) is 0 Å². The van der Waals surface area contributed by atoms with Crippen molar-refractivity contribution >= 4 is 27.7 Å². The molecule has 1 fully saturated rings. The maximum absolute atomic E-state index is 11.5. The zero-order valence-corrected chi connectivity index (χ0v) is 12.6. The first-order chi connectivity index (χ1) is 9.20. The van der Waals surface area contributed by atoms with E-state index in [0.29, 0.717) is 17.0 Å². The van der Waals surface area contributed by atoms with Gasteiger partial charge < -0.3 is 10.1 Å². The zero-order chi connectivity index (χ0) is 13.7. The van der Waals surface area contributed by atoms with Crippen LogP contribution in [0, 0.1) is 5.92 Å². The third-order valence-corrected chi connectivity index (χ3v) is 3.80. The maximum Gasteiger partial charge on any atom is 0.358 e. The van der Waals surface area contributed by atoms with Gasteiger partial charge >= 0.3 is 5.97 Å². The van der Waals surface area contributed by atoms with Gasteiger partial charge in [0.15, 0.2) is 11.5 Å². The van der Waals surface area contributed by atoms with Crippen molar-refractivity contribution in [2.75, 3.05) is 18.5 Å². The number of hydrogen-bond acceptors (Lipinski definition) is 5. The predicted octanol–water partition coefficient (Wildman–Crippen LogP) is 3.02. The average Bonchev–Trinajstić information content (AvgIpc) is 2.90. The molecule has 1 aromatic heterocycles. The number of halogens is 1. The largest absolute Gasteiger partial charge is 0.461 e. The molecule has 0 amide bonds. The van der Waals surface area contributed by atoms with Gasteiger partial charge in [-0.05, 0) is 41.6 Å². The van der Waals surface area contributed by atoms with Gasteiger partial charge in [-0.2, -0.15) is 0 Å². The second kappa shape index (κ2) is 6.84. The van der Waals surface area contributed by atoms with Crippen LogP contribution in [0.25, 0.3) is 0 Å². The second-order valence-electron chi connectivity index (χ2n) is 4.65. The Labute approximate surface area is 121 Å². The molecule has 0 unspecified atom stereocenters. The van der Waals surface area contributed by atoms with Crippen LogP contribution in [0.15, 0.2) is 10.8 Å². The Bertz CT molecular complexity index is 448. The molecule has 1 aromatic rings.